The molecule has 0 fully saturated rings. The van der Waals surface area contributed by atoms with Gasteiger partial charge in [0.05, 0.1) is 5.69 Å². The van der Waals surface area contributed by atoms with Crippen LogP contribution in [0, 0.1) is 0 Å². The fourth-order valence-electron chi connectivity index (χ4n) is 1.73. The Morgan fingerprint density at radius 1 is 1.21 bits per heavy atom. The molecule has 0 saturated carbocycles. The molecule has 96 valence electrons. The fourth-order valence-corrected chi connectivity index (χ4v) is 2.00. The third-order valence-electron chi connectivity index (χ3n) is 2.71. The summed E-state index contributed by atoms with van der Waals surface area (Å²) < 4.78 is 8.48. The second-order valence-corrected chi connectivity index (χ2v) is 4.99. The topological polar surface area (TPSA) is 52.3 Å². The highest BCUT2D eigenvalue weighted by Gasteiger charge is 2.10. The summed E-state index contributed by atoms with van der Waals surface area (Å²) in [6, 6.07) is 9.59. The van der Waals surface area contributed by atoms with Crippen molar-refractivity contribution in [3.8, 4) is 5.75 Å². The lowest BCUT2D eigenvalue weighted by molar-refractivity contribution is 0.222. The van der Waals surface area contributed by atoms with Crippen LogP contribution in [-0.2, 0) is 0 Å². The van der Waals surface area contributed by atoms with E-state index in [0.29, 0.717) is 5.78 Å². The van der Waals surface area contributed by atoms with Crippen LogP contribution in [0.25, 0.3) is 5.78 Å². The van der Waals surface area contributed by atoms with E-state index in [1.165, 1.54) is 6.33 Å². The largest absolute Gasteiger partial charge is 0.484 e. The second-order valence-electron chi connectivity index (χ2n) is 4.07. The van der Waals surface area contributed by atoms with Gasteiger partial charge in [-0.3, -0.25) is 0 Å². The number of fused-ring (bicyclic) bond motifs is 1. The van der Waals surface area contributed by atoms with Gasteiger partial charge in [0.1, 0.15) is 18.2 Å². The van der Waals surface area contributed by atoms with Crippen molar-refractivity contribution in [2.45, 2.75) is 13.0 Å². The quantitative estimate of drug-likeness (QED) is 0.745. The van der Waals surface area contributed by atoms with Gasteiger partial charge >= 0.3 is 0 Å². The van der Waals surface area contributed by atoms with E-state index in [0.717, 1.165) is 15.9 Å². The molecule has 19 heavy (non-hydrogen) atoms. The van der Waals surface area contributed by atoms with Crippen molar-refractivity contribution >= 4 is 21.7 Å². The predicted molar refractivity (Wildman–Crippen MR) is 74.0 cm³/mol. The van der Waals surface area contributed by atoms with E-state index in [-0.39, 0.29) is 6.10 Å². The third kappa shape index (κ3) is 2.58. The van der Waals surface area contributed by atoms with Crippen molar-refractivity contribution in [1.82, 2.24) is 19.6 Å². The molecule has 5 nitrogen and oxygen atoms in total. The van der Waals surface area contributed by atoms with E-state index in [1.54, 1.807) is 4.52 Å². The van der Waals surface area contributed by atoms with Crippen molar-refractivity contribution in [2.24, 2.45) is 0 Å². The van der Waals surface area contributed by atoms with Crippen LogP contribution in [0.4, 0.5) is 0 Å². The molecule has 0 saturated heterocycles. The van der Waals surface area contributed by atoms with Gasteiger partial charge in [-0.1, -0.05) is 15.9 Å². The molecule has 0 aliphatic heterocycles. The van der Waals surface area contributed by atoms with Crippen molar-refractivity contribution in [1.29, 1.82) is 0 Å². The molecule has 2 aromatic heterocycles. The highest BCUT2D eigenvalue weighted by Crippen LogP contribution is 2.22. The maximum atomic E-state index is 5.84. The zero-order chi connectivity index (χ0) is 13.2. The van der Waals surface area contributed by atoms with Crippen LogP contribution in [0.3, 0.4) is 0 Å². The molecule has 6 heteroatoms. The van der Waals surface area contributed by atoms with E-state index in [9.17, 15) is 0 Å². The first-order valence-electron chi connectivity index (χ1n) is 5.81. The van der Waals surface area contributed by atoms with Crippen molar-refractivity contribution in [2.75, 3.05) is 0 Å². The lowest BCUT2D eigenvalue weighted by Crippen LogP contribution is -2.06. The normalized spacial score (nSPS) is 12.5. The molecule has 0 N–H and O–H groups in total. The van der Waals surface area contributed by atoms with Crippen LogP contribution in [-0.4, -0.2) is 19.6 Å². The Morgan fingerprint density at radius 2 is 2.00 bits per heavy atom. The summed E-state index contributed by atoms with van der Waals surface area (Å²) >= 11 is 3.39. The molecule has 3 aromatic rings. The Labute approximate surface area is 118 Å². The number of aromatic nitrogens is 4. The molecule has 0 radical (unpaired) electrons. The first-order valence-corrected chi connectivity index (χ1v) is 6.60. The summed E-state index contributed by atoms with van der Waals surface area (Å²) in [5.74, 6) is 1.38. The Balaban J connectivity index is 1.82. The average molecular weight is 319 g/mol. The Hall–Kier alpha value is -1.95. The first-order chi connectivity index (χ1) is 9.22. The number of rotatable bonds is 3. The minimum absolute atomic E-state index is 0.150. The van der Waals surface area contributed by atoms with Gasteiger partial charge in [0.2, 0.25) is 0 Å². The molecule has 0 aliphatic rings. The van der Waals surface area contributed by atoms with Crippen LogP contribution in [0.1, 0.15) is 18.7 Å². The highest BCUT2D eigenvalue weighted by molar-refractivity contribution is 9.10. The van der Waals surface area contributed by atoms with E-state index in [4.69, 9.17) is 4.74 Å². The van der Waals surface area contributed by atoms with Gasteiger partial charge in [0, 0.05) is 10.7 Å². The summed E-state index contributed by atoms with van der Waals surface area (Å²) in [6.45, 7) is 1.96. The summed E-state index contributed by atoms with van der Waals surface area (Å²) in [5.41, 5.74) is 0.823. The van der Waals surface area contributed by atoms with E-state index in [1.807, 2.05) is 43.5 Å². The number of benzene rings is 1. The molecule has 2 heterocycles. The number of halogens is 1. The maximum absolute atomic E-state index is 5.84. The van der Waals surface area contributed by atoms with Gasteiger partial charge in [-0.2, -0.15) is 10.1 Å². The molecular formula is C13H11BrN4O. The monoisotopic (exact) mass is 318 g/mol. The minimum atomic E-state index is -0.150. The summed E-state index contributed by atoms with van der Waals surface area (Å²) in [6.07, 6.45) is 3.15. The van der Waals surface area contributed by atoms with Crippen molar-refractivity contribution in [3.05, 3.63) is 53.0 Å². The smallest absolute Gasteiger partial charge is 0.252 e. The zero-order valence-electron chi connectivity index (χ0n) is 10.2. The molecule has 0 amide bonds. The second kappa shape index (κ2) is 4.97. The molecule has 1 atom stereocenters. The van der Waals surface area contributed by atoms with Gasteiger partial charge in [-0.15, -0.1) is 0 Å². The van der Waals surface area contributed by atoms with Crippen LogP contribution < -0.4 is 4.74 Å². The number of ether oxygens (including phenoxy) is 1. The van der Waals surface area contributed by atoms with Crippen molar-refractivity contribution < 1.29 is 4.74 Å². The van der Waals surface area contributed by atoms with E-state index < -0.39 is 0 Å². The number of nitrogens with zero attached hydrogens (tertiary/aromatic N) is 4. The molecule has 3 rings (SSSR count). The molecule has 1 aromatic carbocycles. The highest BCUT2D eigenvalue weighted by atomic mass is 79.9. The van der Waals surface area contributed by atoms with Gasteiger partial charge in [-0.05, 0) is 37.3 Å². The van der Waals surface area contributed by atoms with Gasteiger partial charge < -0.3 is 4.74 Å². The van der Waals surface area contributed by atoms with Crippen molar-refractivity contribution in [3.63, 3.8) is 0 Å². The Kier molecular flexibility index (Phi) is 3.16. The average Bonchev–Trinajstić information content (AvgIpc) is 2.88. The lowest BCUT2D eigenvalue weighted by atomic mass is 10.2. The van der Waals surface area contributed by atoms with Gasteiger partial charge in [0.15, 0.2) is 0 Å². The van der Waals surface area contributed by atoms with Gasteiger partial charge in [0.25, 0.3) is 5.78 Å². The molecule has 0 aliphatic carbocycles. The fraction of sp³-hybridized carbons (Fsp3) is 0.154. The molecule has 0 bridgehead atoms. The van der Waals surface area contributed by atoms with Gasteiger partial charge in [-0.25, -0.2) is 9.50 Å². The Morgan fingerprint density at radius 3 is 2.79 bits per heavy atom. The number of hydrogen-bond donors (Lipinski definition) is 0. The molecule has 1 unspecified atom stereocenters. The van der Waals surface area contributed by atoms with Crippen LogP contribution in [0.2, 0.25) is 0 Å². The third-order valence-corrected chi connectivity index (χ3v) is 3.24. The molecular weight excluding hydrogens is 308 g/mol. The predicted octanol–water partition coefficient (Wildman–Crippen LogP) is 3.03. The molecule has 0 spiro atoms. The summed E-state index contributed by atoms with van der Waals surface area (Å²) in [7, 11) is 0. The van der Waals surface area contributed by atoms with Crippen LogP contribution in [0.15, 0.2) is 47.3 Å². The summed E-state index contributed by atoms with van der Waals surface area (Å²) in [5, 5.41) is 4.01. The van der Waals surface area contributed by atoms with Crippen LogP contribution in [0.5, 0.6) is 5.75 Å². The lowest BCUT2D eigenvalue weighted by Gasteiger charge is -2.14. The van der Waals surface area contributed by atoms with Crippen LogP contribution >= 0.6 is 15.9 Å². The standard InChI is InChI=1S/C13H11BrN4O/c1-9(19-11-4-2-10(14)3-5-11)12-6-7-18-13(17-12)15-8-16-18/h2-9H,1H3. The van der Waals surface area contributed by atoms with E-state index in [2.05, 4.69) is 31.0 Å². The zero-order valence-corrected chi connectivity index (χ0v) is 11.8. The summed E-state index contributed by atoms with van der Waals surface area (Å²) in [4.78, 5) is 8.46. The number of hydrogen-bond acceptors (Lipinski definition) is 4. The maximum Gasteiger partial charge on any atom is 0.252 e. The Bertz CT molecular complexity index is 695. The van der Waals surface area contributed by atoms with E-state index >= 15 is 0 Å². The minimum Gasteiger partial charge on any atom is -0.484 e. The first kappa shape index (κ1) is 12.1. The SMILES string of the molecule is CC(Oc1ccc(Br)cc1)c1ccn2ncnc2n1.